The molecule has 0 spiro atoms. The summed E-state index contributed by atoms with van der Waals surface area (Å²) in [6, 6.07) is 9.56. The van der Waals surface area contributed by atoms with Crippen molar-refractivity contribution in [1.82, 2.24) is 24.8 Å². The van der Waals surface area contributed by atoms with E-state index in [9.17, 15) is 8.78 Å². The number of fused-ring (bicyclic) bond motifs is 1. The molecule has 0 bridgehead atoms. The number of hydrogen-bond donors (Lipinski definition) is 2. The van der Waals surface area contributed by atoms with Gasteiger partial charge in [0.25, 0.3) is 6.43 Å². The average Bonchev–Trinajstić information content (AvgIpc) is 3.33. The molecule has 9 nitrogen and oxygen atoms in total. The highest BCUT2D eigenvalue weighted by atomic mass is 19.3. The largest absolute Gasteiger partial charge is 0.383 e. The number of ether oxygens (including phenoxy) is 2. The first-order valence-electron chi connectivity index (χ1n) is 13.5. The monoisotopic (exact) mass is 529 g/mol. The van der Waals surface area contributed by atoms with Gasteiger partial charge < -0.3 is 25.0 Å². The molecule has 1 aliphatic heterocycles. The number of hydrogen-bond acceptors (Lipinski definition) is 8. The molecule has 3 heterocycles. The highest BCUT2D eigenvalue weighted by Gasteiger charge is 2.26. The quantitative estimate of drug-likeness (QED) is 0.378. The zero-order chi connectivity index (χ0) is 26.5. The second kappa shape index (κ2) is 12.3. The molecule has 1 atom stereocenters. The van der Waals surface area contributed by atoms with E-state index in [2.05, 4.69) is 27.4 Å². The molecule has 38 heavy (non-hydrogen) atoms. The second-order valence-corrected chi connectivity index (χ2v) is 10.2. The molecule has 1 saturated carbocycles. The Hall–Kier alpha value is -2.89. The maximum absolute atomic E-state index is 14.1. The standard InChI is InChI=1S/C27H37F2N7O2/c1-18-17-38-14-12-35(18)23-15-24(36-22-6-4-3-5-21(22)32-26(36)25(28)29)34-27(33-23)31-16-19-7-9-20(10-8-19)30-11-13-37-2/h3-6,15,18-20,25,30H,7-14,16-17H2,1-2H3,(H,31,33,34)/t18-,19-,20-/m0/s1. The van der Waals surface area contributed by atoms with Gasteiger partial charge in [0.05, 0.1) is 36.9 Å². The van der Waals surface area contributed by atoms with Gasteiger partial charge >= 0.3 is 0 Å². The number of benzene rings is 1. The van der Waals surface area contributed by atoms with E-state index < -0.39 is 6.43 Å². The molecular weight excluding hydrogens is 492 g/mol. The van der Waals surface area contributed by atoms with Gasteiger partial charge in [-0.25, -0.2) is 13.8 Å². The van der Waals surface area contributed by atoms with Crippen LogP contribution in [0.1, 0.15) is 44.9 Å². The van der Waals surface area contributed by atoms with Gasteiger partial charge in [0, 0.05) is 38.9 Å². The zero-order valence-electron chi connectivity index (χ0n) is 22.1. The molecule has 2 aliphatic rings. The molecule has 3 aromatic rings. The Morgan fingerprint density at radius 1 is 1.11 bits per heavy atom. The number of morpholine rings is 1. The first kappa shape index (κ1) is 26.7. The zero-order valence-corrected chi connectivity index (χ0v) is 22.1. The average molecular weight is 530 g/mol. The van der Waals surface area contributed by atoms with Crippen LogP contribution in [0.5, 0.6) is 0 Å². The normalized spacial score (nSPS) is 22.3. The highest BCUT2D eigenvalue weighted by molar-refractivity contribution is 5.78. The predicted molar refractivity (Wildman–Crippen MR) is 143 cm³/mol. The number of methoxy groups -OCH3 is 1. The molecule has 2 fully saturated rings. The first-order chi connectivity index (χ1) is 18.5. The van der Waals surface area contributed by atoms with E-state index >= 15 is 0 Å². The summed E-state index contributed by atoms with van der Waals surface area (Å²) in [5.74, 6) is 1.69. The van der Waals surface area contributed by atoms with Crippen LogP contribution in [0.2, 0.25) is 0 Å². The Labute approximate surface area is 221 Å². The van der Waals surface area contributed by atoms with Crippen molar-refractivity contribution >= 4 is 22.8 Å². The summed E-state index contributed by atoms with van der Waals surface area (Å²) in [4.78, 5) is 15.9. The van der Waals surface area contributed by atoms with Crippen LogP contribution in [0.25, 0.3) is 16.9 Å². The number of nitrogens with zero attached hydrogens (tertiary/aromatic N) is 5. The summed E-state index contributed by atoms with van der Waals surface area (Å²) in [5, 5.41) is 6.99. The van der Waals surface area contributed by atoms with Crippen molar-refractivity contribution in [3.05, 3.63) is 36.2 Å². The van der Waals surface area contributed by atoms with Crippen molar-refractivity contribution < 1.29 is 18.3 Å². The smallest absolute Gasteiger partial charge is 0.296 e. The fraction of sp³-hybridized carbons (Fsp3) is 0.593. The van der Waals surface area contributed by atoms with Crippen LogP contribution in [0.3, 0.4) is 0 Å². The third-order valence-electron chi connectivity index (χ3n) is 7.51. The lowest BCUT2D eigenvalue weighted by molar-refractivity contribution is 0.0985. The minimum Gasteiger partial charge on any atom is -0.383 e. The van der Waals surface area contributed by atoms with Crippen molar-refractivity contribution in [1.29, 1.82) is 0 Å². The van der Waals surface area contributed by atoms with Crippen LogP contribution in [0.15, 0.2) is 30.3 Å². The Bertz CT molecular complexity index is 1200. The van der Waals surface area contributed by atoms with Gasteiger partial charge in [-0.2, -0.15) is 9.97 Å². The van der Waals surface area contributed by atoms with E-state index in [-0.39, 0.29) is 11.9 Å². The molecule has 2 aromatic heterocycles. The SMILES string of the molecule is COCCN[C@H]1CC[C@H](CNc2nc(N3CCOC[C@@H]3C)cc(-n3c(C(F)F)nc4ccccc43)n2)CC1. The minimum absolute atomic E-state index is 0.106. The van der Waals surface area contributed by atoms with Crippen LogP contribution < -0.4 is 15.5 Å². The maximum atomic E-state index is 14.1. The van der Waals surface area contributed by atoms with Gasteiger partial charge in [0.2, 0.25) is 5.95 Å². The lowest BCUT2D eigenvalue weighted by Crippen LogP contribution is -2.44. The third kappa shape index (κ3) is 6.05. The summed E-state index contributed by atoms with van der Waals surface area (Å²) in [5.41, 5.74) is 1.10. The molecule has 11 heteroatoms. The number of anilines is 2. The molecule has 1 aromatic carbocycles. The molecule has 1 aliphatic carbocycles. The Morgan fingerprint density at radius 3 is 2.66 bits per heavy atom. The predicted octanol–water partition coefficient (Wildman–Crippen LogP) is 4.18. The van der Waals surface area contributed by atoms with Crippen molar-refractivity contribution in [2.45, 2.75) is 51.1 Å². The summed E-state index contributed by atoms with van der Waals surface area (Å²) >= 11 is 0. The fourth-order valence-corrected chi connectivity index (χ4v) is 5.43. The highest BCUT2D eigenvalue weighted by Crippen LogP contribution is 2.30. The van der Waals surface area contributed by atoms with E-state index in [4.69, 9.17) is 19.4 Å². The van der Waals surface area contributed by atoms with E-state index in [0.717, 1.165) is 45.4 Å². The lowest BCUT2D eigenvalue weighted by Gasteiger charge is -2.34. The first-order valence-corrected chi connectivity index (χ1v) is 13.5. The Morgan fingerprint density at radius 2 is 1.89 bits per heavy atom. The van der Waals surface area contributed by atoms with Crippen molar-refractivity contribution in [3.63, 3.8) is 0 Å². The third-order valence-corrected chi connectivity index (χ3v) is 7.51. The molecule has 206 valence electrons. The van der Waals surface area contributed by atoms with Crippen LogP contribution in [-0.2, 0) is 9.47 Å². The number of para-hydroxylation sites is 2. The summed E-state index contributed by atoms with van der Waals surface area (Å²) in [6.07, 6.45) is 1.70. The number of alkyl halides is 2. The van der Waals surface area contributed by atoms with Crippen molar-refractivity contribution in [2.24, 2.45) is 5.92 Å². The molecule has 0 radical (unpaired) electrons. The molecule has 0 amide bonds. The number of aromatic nitrogens is 4. The van der Waals surface area contributed by atoms with Gasteiger partial charge in [-0.15, -0.1) is 0 Å². The second-order valence-electron chi connectivity index (χ2n) is 10.2. The van der Waals surface area contributed by atoms with E-state index in [1.165, 1.54) is 4.57 Å². The number of nitrogens with one attached hydrogen (secondary N) is 2. The van der Waals surface area contributed by atoms with Crippen LogP contribution in [0, 0.1) is 5.92 Å². The summed E-state index contributed by atoms with van der Waals surface area (Å²) < 4.78 is 40.4. The van der Waals surface area contributed by atoms with E-state index in [1.807, 2.05) is 6.07 Å². The summed E-state index contributed by atoms with van der Waals surface area (Å²) in [7, 11) is 1.72. The van der Waals surface area contributed by atoms with Gasteiger partial charge in [0.15, 0.2) is 5.82 Å². The Kier molecular flexibility index (Phi) is 8.65. The van der Waals surface area contributed by atoms with Gasteiger partial charge in [-0.05, 0) is 50.7 Å². The lowest BCUT2D eigenvalue weighted by atomic mass is 9.86. The van der Waals surface area contributed by atoms with Crippen LogP contribution in [0.4, 0.5) is 20.5 Å². The Balaban J connectivity index is 1.40. The molecule has 5 rings (SSSR count). The summed E-state index contributed by atoms with van der Waals surface area (Å²) in [6.45, 7) is 6.24. The van der Waals surface area contributed by atoms with E-state index in [0.29, 0.717) is 60.3 Å². The molecule has 1 saturated heterocycles. The van der Waals surface area contributed by atoms with Gasteiger partial charge in [0.1, 0.15) is 11.6 Å². The van der Waals surface area contributed by atoms with E-state index in [1.54, 1.807) is 31.4 Å². The van der Waals surface area contributed by atoms with Crippen LogP contribution >= 0.6 is 0 Å². The molecular formula is C27H37F2N7O2. The van der Waals surface area contributed by atoms with Crippen LogP contribution in [-0.4, -0.2) is 78.2 Å². The fourth-order valence-electron chi connectivity index (χ4n) is 5.43. The number of rotatable bonds is 10. The maximum Gasteiger partial charge on any atom is 0.296 e. The van der Waals surface area contributed by atoms with Gasteiger partial charge in [-0.3, -0.25) is 4.57 Å². The van der Waals surface area contributed by atoms with Crippen molar-refractivity contribution in [3.8, 4) is 5.82 Å². The van der Waals surface area contributed by atoms with Crippen molar-refractivity contribution in [2.75, 3.05) is 56.8 Å². The number of halogens is 2. The molecule has 0 unspecified atom stereocenters. The minimum atomic E-state index is -2.74. The van der Waals surface area contributed by atoms with Gasteiger partial charge in [-0.1, -0.05) is 12.1 Å². The number of imidazole rings is 1. The molecule has 2 N–H and O–H groups in total. The topological polar surface area (TPSA) is 89.4 Å².